The number of anilines is 1. The molecule has 0 saturated carbocycles. The van der Waals surface area contributed by atoms with E-state index in [1.165, 1.54) is 48.1 Å². The summed E-state index contributed by atoms with van der Waals surface area (Å²) in [5.74, 6) is -0.0618. The minimum absolute atomic E-state index is 0.0152. The van der Waals surface area contributed by atoms with Gasteiger partial charge in [0, 0.05) is 23.7 Å². The van der Waals surface area contributed by atoms with Gasteiger partial charge in [0.05, 0.1) is 27.6 Å². The maximum absolute atomic E-state index is 13.8. The van der Waals surface area contributed by atoms with Crippen molar-refractivity contribution in [1.82, 2.24) is 10.2 Å². The van der Waals surface area contributed by atoms with Gasteiger partial charge in [0.25, 0.3) is 11.8 Å². The van der Waals surface area contributed by atoms with Crippen molar-refractivity contribution >= 4 is 38.9 Å². The summed E-state index contributed by atoms with van der Waals surface area (Å²) in [6, 6.07) is 17.7. The Morgan fingerprint density at radius 2 is 1.87 bits per heavy atom. The van der Waals surface area contributed by atoms with Crippen LogP contribution in [0.1, 0.15) is 52.5 Å². The Kier molecular flexibility index (Phi) is 8.07. The van der Waals surface area contributed by atoms with Crippen molar-refractivity contribution in [1.29, 1.82) is 0 Å². The molecule has 3 aromatic carbocycles. The monoisotopic (exact) mass is 565 g/mol. The fourth-order valence-corrected chi connectivity index (χ4v) is 7.26. The molecule has 1 atom stereocenters. The summed E-state index contributed by atoms with van der Waals surface area (Å²) in [6.07, 6.45) is 3.30. The van der Waals surface area contributed by atoms with Gasteiger partial charge in [-0.15, -0.1) is 0 Å². The molecule has 1 saturated heterocycles. The van der Waals surface area contributed by atoms with Gasteiger partial charge in [0.15, 0.2) is 0 Å². The number of amides is 2. The second-order valence-corrected chi connectivity index (χ2v) is 12.7. The fourth-order valence-electron chi connectivity index (χ4n) is 5.42. The molecule has 204 valence electrons. The van der Waals surface area contributed by atoms with E-state index in [0.717, 1.165) is 31.6 Å². The Bertz CT molecular complexity index is 1510. The van der Waals surface area contributed by atoms with Crippen LogP contribution in [0.3, 0.4) is 0 Å². The van der Waals surface area contributed by atoms with E-state index in [1.807, 2.05) is 6.07 Å². The van der Waals surface area contributed by atoms with Crippen molar-refractivity contribution in [2.24, 2.45) is 5.92 Å². The van der Waals surface area contributed by atoms with Gasteiger partial charge in [0.2, 0.25) is 9.84 Å². The summed E-state index contributed by atoms with van der Waals surface area (Å²) in [5.41, 5.74) is 1.30. The van der Waals surface area contributed by atoms with Gasteiger partial charge >= 0.3 is 0 Å². The molecule has 2 aliphatic rings. The zero-order chi connectivity index (χ0) is 27.6. The van der Waals surface area contributed by atoms with Crippen LogP contribution in [0, 0.1) is 5.92 Å². The molecule has 2 amide bonds. The number of piperidine rings is 1. The summed E-state index contributed by atoms with van der Waals surface area (Å²) in [5, 5.41) is 3.47. The lowest BCUT2D eigenvalue weighted by molar-refractivity contribution is 0.0946. The van der Waals surface area contributed by atoms with Crippen LogP contribution in [0.25, 0.3) is 0 Å². The van der Waals surface area contributed by atoms with E-state index in [0.29, 0.717) is 23.0 Å². The third kappa shape index (κ3) is 5.88. The van der Waals surface area contributed by atoms with E-state index in [1.54, 1.807) is 30.3 Å². The first-order valence-corrected chi connectivity index (χ1v) is 15.1. The van der Waals surface area contributed by atoms with Crippen molar-refractivity contribution in [2.75, 3.05) is 31.1 Å². The highest BCUT2D eigenvalue weighted by molar-refractivity contribution is 7.91. The molecule has 0 radical (unpaired) electrons. The minimum Gasteiger partial charge on any atom is -0.352 e. The summed E-state index contributed by atoms with van der Waals surface area (Å²) in [4.78, 5) is 30.6. The molecular weight excluding hydrogens is 534 g/mol. The van der Waals surface area contributed by atoms with E-state index in [9.17, 15) is 18.0 Å². The van der Waals surface area contributed by atoms with E-state index in [4.69, 9.17) is 11.6 Å². The summed E-state index contributed by atoms with van der Waals surface area (Å²) in [7, 11) is -4.01. The number of likely N-dealkylation sites (tertiary alicyclic amines) is 1. The smallest absolute Gasteiger partial charge is 0.259 e. The second-order valence-electron chi connectivity index (χ2n) is 10.4. The first-order valence-electron chi connectivity index (χ1n) is 13.3. The summed E-state index contributed by atoms with van der Waals surface area (Å²) < 4.78 is 27.3. The molecule has 0 bridgehead atoms. The number of fused-ring (bicyclic) bond motifs is 2. The molecule has 39 heavy (non-hydrogen) atoms. The van der Waals surface area contributed by atoms with Crippen LogP contribution in [-0.2, 0) is 16.4 Å². The van der Waals surface area contributed by atoms with E-state index < -0.39 is 15.7 Å². The van der Waals surface area contributed by atoms with Crippen molar-refractivity contribution in [3.63, 3.8) is 0 Å². The van der Waals surface area contributed by atoms with Gasteiger partial charge in [-0.3, -0.25) is 9.59 Å². The fraction of sp³-hybridized carbons (Fsp3) is 0.333. The third-order valence-corrected chi connectivity index (χ3v) is 9.46. The molecule has 3 aromatic rings. The first-order chi connectivity index (χ1) is 18.7. The lowest BCUT2D eigenvalue weighted by Crippen LogP contribution is -2.36. The lowest BCUT2D eigenvalue weighted by atomic mass is 10.0. The molecule has 1 fully saturated rings. The zero-order valence-electron chi connectivity index (χ0n) is 21.9. The number of carbonyl (C=O) groups excluding carboxylic acids is 2. The number of halogens is 1. The predicted octanol–water partition coefficient (Wildman–Crippen LogP) is 5.19. The minimum atomic E-state index is -4.01. The SMILES string of the molecule is C[C@@H]1CCCN(CCCNC(=O)c2ccc3c(c2)N(Cc2cccc(Cl)c2)C(=O)c2ccccc2S3(=O)=O)C1. The Labute approximate surface area is 234 Å². The largest absolute Gasteiger partial charge is 0.352 e. The van der Waals surface area contributed by atoms with Crippen LogP contribution in [0.2, 0.25) is 5.02 Å². The number of carbonyl (C=O) groups is 2. The number of benzene rings is 3. The standard InChI is InChI=1S/C30H32ClN3O4S/c1-21-7-5-15-33(19-21)16-6-14-32-29(35)23-12-13-28-26(18-23)34(20-22-8-4-9-24(31)17-22)30(36)25-10-2-3-11-27(25)39(28,37)38/h2-4,8-13,17-18,21H,5-7,14-16,19-20H2,1H3,(H,32,35)/t21-/m1/s1. The molecule has 5 rings (SSSR count). The number of hydrogen-bond donors (Lipinski definition) is 1. The van der Waals surface area contributed by atoms with Crippen LogP contribution in [0.15, 0.2) is 76.5 Å². The highest BCUT2D eigenvalue weighted by Gasteiger charge is 2.36. The molecular formula is C30H32ClN3O4S. The topological polar surface area (TPSA) is 86.8 Å². The maximum atomic E-state index is 13.8. The molecule has 2 heterocycles. The van der Waals surface area contributed by atoms with Crippen LogP contribution < -0.4 is 10.2 Å². The third-order valence-electron chi connectivity index (χ3n) is 7.36. The molecule has 2 aliphatic heterocycles. The average Bonchev–Trinajstić information content (AvgIpc) is 2.99. The number of nitrogens with zero attached hydrogens (tertiary/aromatic N) is 2. The van der Waals surface area contributed by atoms with Crippen molar-refractivity contribution in [3.8, 4) is 0 Å². The van der Waals surface area contributed by atoms with E-state index in [-0.39, 0.29) is 33.5 Å². The Balaban J connectivity index is 1.43. The zero-order valence-corrected chi connectivity index (χ0v) is 23.5. The maximum Gasteiger partial charge on any atom is 0.259 e. The molecule has 7 nitrogen and oxygen atoms in total. The van der Waals surface area contributed by atoms with Crippen molar-refractivity contribution in [3.05, 3.63) is 88.4 Å². The Morgan fingerprint density at radius 3 is 2.67 bits per heavy atom. The molecule has 1 N–H and O–H groups in total. The van der Waals surface area contributed by atoms with Gasteiger partial charge in [-0.25, -0.2) is 8.42 Å². The van der Waals surface area contributed by atoms with E-state index >= 15 is 0 Å². The van der Waals surface area contributed by atoms with Crippen molar-refractivity contribution in [2.45, 2.75) is 42.5 Å². The second kappa shape index (κ2) is 11.5. The van der Waals surface area contributed by atoms with Crippen LogP contribution >= 0.6 is 11.6 Å². The number of hydrogen-bond acceptors (Lipinski definition) is 5. The van der Waals surface area contributed by atoms with Gasteiger partial charge < -0.3 is 15.1 Å². The predicted molar refractivity (Wildman–Crippen MR) is 152 cm³/mol. The molecule has 0 unspecified atom stereocenters. The van der Waals surface area contributed by atoms with Crippen LogP contribution in [0.4, 0.5) is 5.69 Å². The van der Waals surface area contributed by atoms with Gasteiger partial charge in [-0.05, 0) is 86.3 Å². The average molecular weight is 566 g/mol. The first kappa shape index (κ1) is 27.4. The van der Waals surface area contributed by atoms with Crippen molar-refractivity contribution < 1.29 is 18.0 Å². The molecule has 0 aromatic heterocycles. The number of rotatable bonds is 7. The number of nitrogens with one attached hydrogen (secondary N) is 1. The molecule has 0 spiro atoms. The quantitative estimate of drug-likeness (QED) is 0.399. The summed E-state index contributed by atoms with van der Waals surface area (Å²) in [6.45, 7) is 5.98. The Morgan fingerprint density at radius 1 is 1.05 bits per heavy atom. The van der Waals surface area contributed by atoms with Crippen LogP contribution in [-0.4, -0.2) is 51.3 Å². The molecule has 9 heteroatoms. The van der Waals surface area contributed by atoms with E-state index in [2.05, 4.69) is 17.1 Å². The van der Waals surface area contributed by atoms with Gasteiger partial charge in [0.1, 0.15) is 0 Å². The molecule has 0 aliphatic carbocycles. The summed E-state index contributed by atoms with van der Waals surface area (Å²) >= 11 is 6.19. The lowest BCUT2D eigenvalue weighted by Gasteiger charge is -2.30. The van der Waals surface area contributed by atoms with Crippen LogP contribution in [0.5, 0.6) is 0 Å². The Hall–Kier alpha value is -3.20. The number of sulfone groups is 1. The van der Waals surface area contributed by atoms with Gasteiger partial charge in [-0.2, -0.15) is 0 Å². The highest BCUT2D eigenvalue weighted by Crippen LogP contribution is 2.38. The highest BCUT2D eigenvalue weighted by atomic mass is 35.5. The van der Waals surface area contributed by atoms with Gasteiger partial charge in [-0.1, -0.05) is 42.8 Å². The normalized spacial score (nSPS) is 18.7.